The number of alkyl halides is 3. The molecule has 0 aliphatic carbocycles. The third-order valence-corrected chi connectivity index (χ3v) is 2.12. The predicted octanol–water partition coefficient (Wildman–Crippen LogP) is 2.22. The Morgan fingerprint density at radius 2 is 1.92 bits per heavy atom. The van der Waals surface area contributed by atoms with Gasteiger partial charge in [0.15, 0.2) is 3.79 Å². The van der Waals surface area contributed by atoms with Crippen molar-refractivity contribution in [1.82, 2.24) is 0 Å². The highest BCUT2D eigenvalue weighted by Crippen LogP contribution is 2.33. The lowest BCUT2D eigenvalue weighted by atomic mass is 10.0. The maximum atomic E-state index is 10.3. The van der Waals surface area contributed by atoms with E-state index in [-0.39, 0.29) is 25.4 Å². The van der Waals surface area contributed by atoms with E-state index < -0.39 is 9.76 Å². The molecule has 0 saturated carbocycles. The lowest BCUT2D eigenvalue weighted by Gasteiger charge is -2.15. The molecule has 0 aromatic carbocycles. The molecule has 1 atom stereocenters. The fraction of sp³-hybridized carbons (Fsp3) is 0.857. The van der Waals surface area contributed by atoms with Gasteiger partial charge in [-0.1, -0.05) is 34.8 Å². The number of rotatable bonds is 5. The minimum Gasteiger partial charge on any atom is -0.481 e. The Balaban J connectivity index is 3.79. The zero-order valence-corrected chi connectivity index (χ0v) is 9.11. The Labute approximate surface area is 91.6 Å². The van der Waals surface area contributed by atoms with Crippen LogP contribution in [0.2, 0.25) is 0 Å². The summed E-state index contributed by atoms with van der Waals surface area (Å²) in [5.41, 5.74) is 0. The largest absolute Gasteiger partial charge is 0.481 e. The molecule has 0 spiro atoms. The Bertz CT molecular complexity index is 167. The number of carboxylic acids is 1. The third kappa shape index (κ3) is 8.63. The Morgan fingerprint density at radius 3 is 2.23 bits per heavy atom. The van der Waals surface area contributed by atoms with Crippen molar-refractivity contribution in [2.45, 2.75) is 23.1 Å². The smallest absolute Gasteiger partial charge is 0.303 e. The van der Waals surface area contributed by atoms with Crippen molar-refractivity contribution in [1.29, 1.82) is 0 Å². The van der Waals surface area contributed by atoms with E-state index in [9.17, 15) is 4.79 Å². The van der Waals surface area contributed by atoms with Gasteiger partial charge in [0.05, 0.1) is 6.42 Å². The number of carbonyl (C=O) groups is 1. The fourth-order valence-corrected chi connectivity index (χ4v) is 1.20. The van der Waals surface area contributed by atoms with Crippen LogP contribution in [0.4, 0.5) is 0 Å². The van der Waals surface area contributed by atoms with E-state index in [0.29, 0.717) is 6.42 Å². The van der Waals surface area contributed by atoms with Gasteiger partial charge < -0.3 is 10.2 Å². The van der Waals surface area contributed by atoms with Crippen molar-refractivity contribution in [2.24, 2.45) is 5.92 Å². The van der Waals surface area contributed by atoms with Crippen molar-refractivity contribution >= 4 is 40.8 Å². The van der Waals surface area contributed by atoms with Gasteiger partial charge in [-0.2, -0.15) is 0 Å². The molecule has 0 aliphatic heterocycles. The van der Waals surface area contributed by atoms with Gasteiger partial charge in [-0.05, 0) is 18.8 Å². The molecule has 0 rings (SSSR count). The van der Waals surface area contributed by atoms with Crippen molar-refractivity contribution in [3.05, 3.63) is 0 Å². The number of aliphatic carboxylic acids is 1. The number of hydrogen-bond donors (Lipinski definition) is 2. The van der Waals surface area contributed by atoms with Gasteiger partial charge in [0.2, 0.25) is 0 Å². The quantitative estimate of drug-likeness (QED) is 0.735. The number of halogens is 3. The van der Waals surface area contributed by atoms with Crippen molar-refractivity contribution in [3.8, 4) is 0 Å². The van der Waals surface area contributed by atoms with Crippen LogP contribution in [0.1, 0.15) is 19.3 Å². The topological polar surface area (TPSA) is 57.5 Å². The molecule has 0 aromatic rings. The minimum atomic E-state index is -1.37. The van der Waals surface area contributed by atoms with E-state index in [1.165, 1.54) is 0 Å². The van der Waals surface area contributed by atoms with Gasteiger partial charge in [-0.15, -0.1) is 0 Å². The first-order valence-electron chi connectivity index (χ1n) is 3.74. The van der Waals surface area contributed by atoms with Crippen LogP contribution in [0, 0.1) is 5.92 Å². The molecular weight excluding hydrogens is 238 g/mol. The number of aliphatic hydroxyl groups excluding tert-OH is 1. The van der Waals surface area contributed by atoms with Crippen LogP contribution in [0.5, 0.6) is 0 Å². The summed E-state index contributed by atoms with van der Waals surface area (Å²) in [5.74, 6) is -1.29. The molecule has 0 aliphatic rings. The number of carboxylic acid groups (broad SMARTS) is 1. The molecule has 78 valence electrons. The van der Waals surface area contributed by atoms with E-state index >= 15 is 0 Å². The van der Waals surface area contributed by atoms with E-state index in [1.807, 2.05) is 0 Å². The highest BCUT2D eigenvalue weighted by atomic mass is 35.6. The molecule has 0 fully saturated rings. The average molecular weight is 250 g/mol. The van der Waals surface area contributed by atoms with Gasteiger partial charge in [0.25, 0.3) is 0 Å². The maximum absolute atomic E-state index is 10.3. The molecule has 2 N–H and O–H groups in total. The molecular formula is C7H11Cl3O3. The van der Waals surface area contributed by atoms with Crippen LogP contribution in [-0.4, -0.2) is 26.6 Å². The van der Waals surface area contributed by atoms with Crippen molar-refractivity contribution < 1.29 is 15.0 Å². The van der Waals surface area contributed by atoms with Crippen molar-refractivity contribution in [2.75, 3.05) is 6.61 Å². The monoisotopic (exact) mass is 248 g/mol. The second-order valence-corrected chi connectivity index (χ2v) is 5.32. The summed E-state index contributed by atoms with van der Waals surface area (Å²) in [7, 11) is 0. The highest BCUT2D eigenvalue weighted by Gasteiger charge is 2.22. The lowest BCUT2D eigenvalue weighted by molar-refractivity contribution is -0.138. The van der Waals surface area contributed by atoms with Crippen LogP contribution in [0.3, 0.4) is 0 Å². The second kappa shape index (κ2) is 5.91. The molecule has 1 unspecified atom stereocenters. The summed E-state index contributed by atoms with van der Waals surface area (Å²) >= 11 is 16.4. The highest BCUT2D eigenvalue weighted by molar-refractivity contribution is 6.67. The molecule has 13 heavy (non-hydrogen) atoms. The summed E-state index contributed by atoms with van der Waals surface area (Å²) in [5, 5.41) is 17.2. The molecule has 0 bridgehead atoms. The second-order valence-electron chi connectivity index (χ2n) is 2.80. The number of aliphatic hydroxyl groups is 1. The van der Waals surface area contributed by atoms with Gasteiger partial charge in [0.1, 0.15) is 0 Å². The normalized spacial score (nSPS) is 14.2. The fourth-order valence-electron chi connectivity index (χ4n) is 0.873. The van der Waals surface area contributed by atoms with Crippen molar-refractivity contribution in [3.63, 3.8) is 0 Å². The first kappa shape index (κ1) is 13.3. The molecule has 3 nitrogen and oxygen atoms in total. The standard InChI is InChI=1S/C7H11Cl3O3/c8-7(9,10)2-1-5(4-11)3-6(12)13/h5,11H,1-4H2,(H,12,13). The van der Waals surface area contributed by atoms with E-state index in [4.69, 9.17) is 45.0 Å². The third-order valence-electron chi connectivity index (χ3n) is 1.56. The summed E-state index contributed by atoms with van der Waals surface area (Å²) < 4.78 is -1.37. The Kier molecular flexibility index (Phi) is 6.05. The summed E-state index contributed by atoms with van der Waals surface area (Å²) in [6.45, 7) is -0.201. The number of hydrogen-bond acceptors (Lipinski definition) is 2. The molecule has 0 heterocycles. The summed E-state index contributed by atoms with van der Waals surface area (Å²) in [6.07, 6.45) is 0.534. The molecule has 6 heteroatoms. The van der Waals surface area contributed by atoms with Crippen LogP contribution in [0.15, 0.2) is 0 Å². The first-order valence-corrected chi connectivity index (χ1v) is 4.88. The first-order chi connectivity index (χ1) is 5.85. The van der Waals surface area contributed by atoms with Gasteiger partial charge in [-0.25, -0.2) is 0 Å². The van der Waals surface area contributed by atoms with Crippen LogP contribution in [0.25, 0.3) is 0 Å². The van der Waals surface area contributed by atoms with E-state index in [0.717, 1.165) is 0 Å². The maximum Gasteiger partial charge on any atom is 0.303 e. The SMILES string of the molecule is O=C(O)CC(CO)CCC(Cl)(Cl)Cl. The summed E-state index contributed by atoms with van der Waals surface area (Å²) in [6, 6.07) is 0. The molecule has 0 aromatic heterocycles. The zero-order chi connectivity index (χ0) is 10.5. The Morgan fingerprint density at radius 1 is 1.38 bits per heavy atom. The van der Waals surface area contributed by atoms with Crippen LogP contribution in [-0.2, 0) is 4.79 Å². The van der Waals surface area contributed by atoms with Crippen LogP contribution < -0.4 is 0 Å². The molecule has 0 amide bonds. The average Bonchev–Trinajstić information content (AvgIpc) is 1.95. The lowest BCUT2D eigenvalue weighted by Crippen LogP contribution is -2.15. The predicted molar refractivity (Wildman–Crippen MR) is 52.4 cm³/mol. The molecule has 0 saturated heterocycles. The van der Waals surface area contributed by atoms with E-state index in [2.05, 4.69) is 0 Å². The minimum absolute atomic E-state index is 0.1000. The van der Waals surface area contributed by atoms with Gasteiger partial charge in [0, 0.05) is 6.61 Å². The van der Waals surface area contributed by atoms with E-state index in [1.54, 1.807) is 0 Å². The van der Waals surface area contributed by atoms with Gasteiger partial charge >= 0.3 is 5.97 Å². The van der Waals surface area contributed by atoms with Crippen LogP contribution >= 0.6 is 34.8 Å². The zero-order valence-electron chi connectivity index (χ0n) is 6.84. The summed E-state index contributed by atoms with van der Waals surface area (Å²) in [4.78, 5) is 10.3. The van der Waals surface area contributed by atoms with Gasteiger partial charge in [-0.3, -0.25) is 4.79 Å². The Hall–Kier alpha value is 0.300. The molecule has 0 radical (unpaired) electrons.